The van der Waals surface area contributed by atoms with E-state index in [9.17, 15) is 5.02 Å². The lowest BCUT2D eigenvalue weighted by molar-refractivity contribution is 0.208. The first-order valence-electron chi connectivity index (χ1n) is 7.11. The summed E-state index contributed by atoms with van der Waals surface area (Å²) in [6.07, 6.45) is -0.211. The molecular formula is C16H14BClN2O3. The van der Waals surface area contributed by atoms with Crippen molar-refractivity contribution in [3.05, 3.63) is 51.5 Å². The molecule has 1 aromatic carbocycles. The van der Waals surface area contributed by atoms with Gasteiger partial charge in [0.25, 0.3) is 0 Å². The van der Waals surface area contributed by atoms with Crippen LogP contribution in [0.5, 0.6) is 11.6 Å². The van der Waals surface area contributed by atoms with Crippen molar-refractivity contribution in [3.8, 4) is 11.6 Å². The highest BCUT2D eigenvalue weighted by Crippen LogP contribution is 2.35. The van der Waals surface area contributed by atoms with Crippen molar-refractivity contribution >= 4 is 29.9 Å². The van der Waals surface area contributed by atoms with Gasteiger partial charge < -0.3 is 14.4 Å². The summed E-state index contributed by atoms with van der Waals surface area (Å²) in [5.41, 5.74) is 3.43. The first kappa shape index (κ1) is 15.8. The van der Waals surface area contributed by atoms with Gasteiger partial charge in [-0.2, -0.15) is 0 Å². The van der Waals surface area contributed by atoms with Crippen molar-refractivity contribution in [2.45, 2.75) is 26.9 Å². The highest BCUT2D eigenvalue weighted by atomic mass is 35.5. The Labute approximate surface area is 139 Å². The molecular weight excluding hydrogens is 314 g/mol. The van der Waals surface area contributed by atoms with Crippen LogP contribution in [0.15, 0.2) is 18.2 Å². The summed E-state index contributed by atoms with van der Waals surface area (Å²) in [5, 5.41) is 10.2. The third kappa shape index (κ3) is 2.79. The first-order valence-corrected chi connectivity index (χ1v) is 7.49. The van der Waals surface area contributed by atoms with E-state index in [1.54, 1.807) is 13.0 Å². The number of halogens is 1. The maximum Gasteiger partial charge on any atom is 0.491 e. The lowest BCUT2D eigenvalue weighted by Crippen LogP contribution is -2.28. The van der Waals surface area contributed by atoms with Crippen LogP contribution in [-0.4, -0.2) is 17.1 Å². The number of rotatable bonds is 2. The normalized spacial score (nSPS) is 16.2. The highest BCUT2D eigenvalue weighted by Gasteiger charge is 2.33. The van der Waals surface area contributed by atoms with E-state index in [0.717, 1.165) is 16.6 Å². The van der Waals surface area contributed by atoms with Crippen molar-refractivity contribution in [2.75, 3.05) is 0 Å². The van der Waals surface area contributed by atoms with Gasteiger partial charge in [-0.15, -0.1) is 0 Å². The molecule has 1 N–H and O–H groups in total. The average molecular weight is 329 g/mol. The maximum atomic E-state index is 9.87. The molecule has 0 aliphatic carbocycles. The zero-order valence-electron chi connectivity index (χ0n) is 12.9. The molecule has 7 heteroatoms. The second-order valence-electron chi connectivity index (χ2n) is 5.47. The molecule has 116 valence electrons. The topological polar surface area (TPSA) is 55.9 Å². The molecule has 23 heavy (non-hydrogen) atoms. The fourth-order valence-electron chi connectivity index (χ4n) is 2.58. The number of hydrogen-bond acceptors (Lipinski definition) is 4. The number of pyridine rings is 1. The first-order chi connectivity index (χ1) is 10.9. The molecule has 0 saturated heterocycles. The molecule has 2 aromatic rings. The SMILES string of the molecule is [C-]#[N+]c1cc(Cl)c(Oc2cc3c(cc2C)B(O)OC3C)nc1C. The quantitative estimate of drug-likeness (QED) is 0.677. The van der Waals surface area contributed by atoms with Crippen molar-refractivity contribution in [2.24, 2.45) is 0 Å². The van der Waals surface area contributed by atoms with Gasteiger partial charge in [-0.05, 0) is 49.5 Å². The molecule has 0 spiro atoms. The molecule has 0 bridgehead atoms. The molecule has 0 fully saturated rings. The van der Waals surface area contributed by atoms with Gasteiger partial charge in [0.1, 0.15) is 5.75 Å². The molecule has 1 aliphatic rings. The Morgan fingerprint density at radius 3 is 2.83 bits per heavy atom. The van der Waals surface area contributed by atoms with Crippen LogP contribution in [0.1, 0.15) is 29.8 Å². The largest absolute Gasteiger partial charge is 0.491 e. The number of aryl methyl sites for hydroxylation is 2. The maximum absolute atomic E-state index is 9.87. The van der Waals surface area contributed by atoms with Gasteiger partial charge in [0.15, 0.2) is 0 Å². The van der Waals surface area contributed by atoms with E-state index in [4.69, 9.17) is 27.6 Å². The van der Waals surface area contributed by atoms with E-state index in [2.05, 4.69) is 9.83 Å². The average Bonchev–Trinajstić information content (AvgIpc) is 2.77. The van der Waals surface area contributed by atoms with Crippen LogP contribution in [0.2, 0.25) is 5.02 Å². The molecule has 1 unspecified atom stereocenters. The fraction of sp³-hybridized carbons (Fsp3) is 0.250. The fourth-order valence-corrected chi connectivity index (χ4v) is 2.76. The van der Waals surface area contributed by atoms with E-state index < -0.39 is 7.12 Å². The van der Waals surface area contributed by atoms with Crippen molar-refractivity contribution in [3.63, 3.8) is 0 Å². The predicted octanol–water partition coefficient (Wildman–Crippen LogP) is 3.47. The lowest BCUT2D eigenvalue weighted by Gasteiger charge is -2.13. The van der Waals surface area contributed by atoms with E-state index in [1.807, 2.05) is 26.0 Å². The molecule has 0 radical (unpaired) electrons. The van der Waals surface area contributed by atoms with Crippen LogP contribution in [-0.2, 0) is 4.65 Å². The molecule has 0 saturated carbocycles. The van der Waals surface area contributed by atoms with Crippen LogP contribution in [0.3, 0.4) is 0 Å². The number of nitrogens with zero attached hydrogens (tertiary/aromatic N) is 2. The Bertz CT molecular complexity index is 835. The second kappa shape index (κ2) is 5.86. The van der Waals surface area contributed by atoms with Crippen LogP contribution >= 0.6 is 11.6 Å². The zero-order valence-corrected chi connectivity index (χ0v) is 13.7. The lowest BCUT2D eigenvalue weighted by atomic mass is 9.78. The minimum atomic E-state index is -0.908. The Kier molecular flexibility index (Phi) is 4.03. The van der Waals surface area contributed by atoms with E-state index in [0.29, 0.717) is 17.1 Å². The number of aromatic nitrogens is 1. The summed E-state index contributed by atoms with van der Waals surface area (Å²) in [6.45, 7) is 12.6. The summed E-state index contributed by atoms with van der Waals surface area (Å²) in [5.74, 6) is 0.851. The van der Waals surface area contributed by atoms with E-state index >= 15 is 0 Å². The van der Waals surface area contributed by atoms with Gasteiger partial charge in [-0.3, -0.25) is 0 Å². The Morgan fingerprint density at radius 2 is 2.13 bits per heavy atom. The molecule has 1 aliphatic heterocycles. The minimum Gasteiger partial charge on any atom is -0.437 e. The summed E-state index contributed by atoms with van der Waals surface area (Å²) in [4.78, 5) is 7.62. The van der Waals surface area contributed by atoms with Gasteiger partial charge in [0.05, 0.1) is 17.7 Å². The zero-order chi connectivity index (χ0) is 16.7. The summed E-state index contributed by atoms with van der Waals surface area (Å²) in [6, 6.07) is 5.22. The molecule has 1 aromatic heterocycles. The second-order valence-corrected chi connectivity index (χ2v) is 5.88. The smallest absolute Gasteiger partial charge is 0.437 e. The molecule has 3 rings (SSSR count). The Balaban J connectivity index is 2.00. The Morgan fingerprint density at radius 1 is 1.39 bits per heavy atom. The van der Waals surface area contributed by atoms with Gasteiger partial charge in [0, 0.05) is 5.69 Å². The van der Waals surface area contributed by atoms with Crippen molar-refractivity contribution in [1.82, 2.24) is 4.98 Å². The van der Waals surface area contributed by atoms with E-state index in [1.165, 1.54) is 0 Å². The molecule has 1 atom stereocenters. The standard InChI is InChI=1S/C16H14BClN2O3/c1-8-5-12-11(10(3)23-17(12)21)6-15(8)22-16-13(18)7-14(19-4)9(2)20-16/h5-7,10,21H,1-3H3. The van der Waals surface area contributed by atoms with E-state index in [-0.39, 0.29) is 17.0 Å². The Hall–Kier alpha value is -2.07. The molecule has 2 heterocycles. The van der Waals surface area contributed by atoms with Crippen LogP contribution in [0.25, 0.3) is 4.85 Å². The van der Waals surface area contributed by atoms with Gasteiger partial charge in [0.2, 0.25) is 11.6 Å². The number of ether oxygens (including phenoxy) is 1. The number of hydrogen-bond donors (Lipinski definition) is 1. The van der Waals surface area contributed by atoms with Crippen LogP contribution in [0.4, 0.5) is 5.69 Å². The summed E-state index contributed by atoms with van der Waals surface area (Å²) >= 11 is 6.16. The minimum absolute atomic E-state index is 0.211. The third-order valence-corrected chi connectivity index (χ3v) is 4.12. The summed E-state index contributed by atoms with van der Waals surface area (Å²) < 4.78 is 11.2. The number of fused-ring (bicyclic) bond motifs is 1. The predicted molar refractivity (Wildman–Crippen MR) is 88.6 cm³/mol. The third-order valence-electron chi connectivity index (χ3n) is 3.85. The van der Waals surface area contributed by atoms with Gasteiger partial charge >= 0.3 is 7.12 Å². The monoisotopic (exact) mass is 328 g/mol. The number of benzene rings is 1. The van der Waals surface area contributed by atoms with Crippen LogP contribution in [0, 0.1) is 20.4 Å². The van der Waals surface area contributed by atoms with Gasteiger partial charge in [-0.25, -0.2) is 9.83 Å². The van der Waals surface area contributed by atoms with Crippen LogP contribution < -0.4 is 10.2 Å². The highest BCUT2D eigenvalue weighted by molar-refractivity contribution is 6.61. The van der Waals surface area contributed by atoms with Crippen molar-refractivity contribution < 1.29 is 14.4 Å². The van der Waals surface area contributed by atoms with Crippen molar-refractivity contribution in [1.29, 1.82) is 0 Å². The molecule has 0 amide bonds. The van der Waals surface area contributed by atoms with Gasteiger partial charge in [-0.1, -0.05) is 17.7 Å². The summed E-state index contributed by atoms with van der Waals surface area (Å²) in [7, 11) is -0.908. The molecule has 5 nitrogen and oxygen atoms in total.